The standard InChI is InChI=1S/C29H31N3O2S.C2H6/c1-2-21(19-33)13-14-31-29-25(18-30-20-32-29)28(34)27-17-24(15-22-9-5-3-6-10-22)26(35-27)16-23-11-7-4-8-12-23;1-2/h3-12,17-18,20-21,33H,2,13-16,19H2,1H3,(H,30,31,32);1-2H3. The molecule has 0 fully saturated rings. The van der Waals surface area contributed by atoms with Gasteiger partial charge in [0, 0.05) is 30.6 Å². The van der Waals surface area contributed by atoms with Crippen molar-refractivity contribution in [3.05, 3.63) is 111 Å². The van der Waals surface area contributed by atoms with Gasteiger partial charge >= 0.3 is 0 Å². The van der Waals surface area contributed by atoms with Crippen molar-refractivity contribution in [2.75, 3.05) is 18.5 Å². The minimum absolute atomic E-state index is 0.0686. The highest BCUT2D eigenvalue weighted by Gasteiger charge is 2.20. The summed E-state index contributed by atoms with van der Waals surface area (Å²) in [7, 11) is 0. The molecule has 0 bridgehead atoms. The summed E-state index contributed by atoms with van der Waals surface area (Å²) >= 11 is 1.56. The van der Waals surface area contributed by atoms with Gasteiger partial charge in [0.1, 0.15) is 12.1 Å². The Balaban J connectivity index is 0.00000186. The van der Waals surface area contributed by atoms with Gasteiger partial charge in [0.25, 0.3) is 0 Å². The van der Waals surface area contributed by atoms with Crippen LogP contribution in [0.2, 0.25) is 0 Å². The molecule has 5 nitrogen and oxygen atoms in total. The highest BCUT2D eigenvalue weighted by Crippen LogP contribution is 2.30. The Bertz CT molecular complexity index is 1160. The number of nitrogens with one attached hydrogen (secondary N) is 1. The van der Waals surface area contributed by atoms with Crippen molar-refractivity contribution in [3.63, 3.8) is 0 Å². The minimum Gasteiger partial charge on any atom is -0.396 e. The van der Waals surface area contributed by atoms with Crippen LogP contribution in [-0.2, 0) is 12.8 Å². The van der Waals surface area contributed by atoms with Gasteiger partial charge in [-0.25, -0.2) is 9.97 Å². The largest absolute Gasteiger partial charge is 0.396 e. The molecule has 4 rings (SSSR count). The van der Waals surface area contributed by atoms with E-state index in [9.17, 15) is 9.90 Å². The number of anilines is 1. The van der Waals surface area contributed by atoms with E-state index in [-0.39, 0.29) is 18.3 Å². The highest BCUT2D eigenvalue weighted by atomic mass is 32.1. The van der Waals surface area contributed by atoms with Crippen LogP contribution in [-0.4, -0.2) is 34.0 Å². The summed E-state index contributed by atoms with van der Waals surface area (Å²) in [6.45, 7) is 6.87. The Labute approximate surface area is 224 Å². The quantitative estimate of drug-likeness (QED) is 0.203. The molecule has 0 aliphatic heterocycles. The maximum Gasteiger partial charge on any atom is 0.208 e. The first-order valence-corrected chi connectivity index (χ1v) is 13.9. The van der Waals surface area contributed by atoms with Crippen LogP contribution in [0, 0.1) is 5.92 Å². The lowest BCUT2D eigenvalue weighted by molar-refractivity contribution is 0.104. The van der Waals surface area contributed by atoms with Gasteiger partial charge in [-0.3, -0.25) is 4.79 Å². The van der Waals surface area contributed by atoms with E-state index >= 15 is 0 Å². The number of aliphatic hydroxyl groups is 1. The molecule has 0 aliphatic carbocycles. The highest BCUT2D eigenvalue weighted by molar-refractivity contribution is 7.14. The zero-order valence-electron chi connectivity index (χ0n) is 22.0. The molecule has 6 heteroatoms. The predicted octanol–water partition coefficient (Wildman–Crippen LogP) is 6.80. The van der Waals surface area contributed by atoms with E-state index in [1.54, 1.807) is 17.5 Å². The summed E-state index contributed by atoms with van der Waals surface area (Å²) < 4.78 is 0. The van der Waals surface area contributed by atoms with Gasteiger partial charge < -0.3 is 10.4 Å². The summed E-state index contributed by atoms with van der Waals surface area (Å²) in [6.07, 6.45) is 6.34. The van der Waals surface area contributed by atoms with Crippen LogP contribution in [0.15, 0.2) is 79.3 Å². The fourth-order valence-corrected chi connectivity index (χ4v) is 5.23. The normalized spacial score (nSPS) is 11.4. The lowest BCUT2D eigenvalue weighted by Gasteiger charge is -2.13. The molecular weight excluding hydrogens is 478 g/mol. The Morgan fingerprint density at radius 2 is 1.65 bits per heavy atom. The average Bonchev–Trinajstić information content (AvgIpc) is 3.35. The first-order chi connectivity index (χ1) is 18.2. The van der Waals surface area contributed by atoms with Gasteiger partial charge in [0.05, 0.1) is 10.4 Å². The summed E-state index contributed by atoms with van der Waals surface area (Å²) in [5.41, 5.74) is 4.10. The topological polar surface area (TPSA) is 75.1 Å². The molecule has 2 N–H and O–H groups in total. The van der Waals surface area contributed by atoms with E-state index < -0.39 is 0 Å². The maximum absolute atomic E-state index is 13.6. The monoisotopic (exact) mass is 515 g/mol. The van der Waals surface area contributed by atoms with E-state index in [4.69, 9.17) is 0 Å². The molecule has 0 aliphatic rings. The third kappa shape index (κ3) is 8.07. The maximum atomic E-state index is 13.6. The van der Waals surface area contributed by atoms with E-state index in [2.05, 4.69) is 46.5 Å². The molecule has 37 heavy (non-hydrogen) atoms. The average molecular weight is 516 g/mol. The lowest BCUT2D eigenvalue weighted by Crippen LogP contribution is -2.15. The minimum atomic E-state index is -0.0686. The van der Waals surface area contributed by atoms with Crippen molar-refractivity contribution < 1.29 is 9.90 Å². The number of carbonyl (C=O) groups excluding carboxylic acids is 1. The number of nitrogens with zero attached hydrogens (tertiary/aromatic N) is 2. The molecule has 0 saturated heterocycles. The number of aliphatic hydroxyl groups excluding tert-OH is 1. The lowest BCUT2D eigenvalue weighted by atomic mass is 10.0. The van der Waals surface area contributed by atoms with Crippen molar-refractivity contribution in [2.45, 2.75) is 46.5 Å². The Kier molecular flexibility index (Phi) is 11.5. The van der Waals surface area contributed by atoms with Gasteiger partial charge in [0.2, 0.25) is 5.78 Å². The Morgan fingerprint density at radius 1 is 1.00 bits per heavy atom. The van der Waals surface area contributed by atoms with Gasteiger partial charge in [-0.15, -0.1) is 11.3 Å². The summed E-state index contributed by atoms with van der Waals surface area (Å²) in [6, 6.07) is 22.7. The van der Waals surface area contributed by atoms with Crippen LogP contribution in [0.4, 0.5) is 5.82 Å². The first-order valence-electron chi connectivity index (χ1n) is 13.1. The second-order valence-corrected chi connectivity index (χ2v) is 9.81. The third-order valence-electron chi connectivity index (χ3n) is 6.20. The number of hydrogen-bond donors (Lipinski definition) is 2. The number of aromatic nitrogens is 2. The molecule has 0 radical (unpaired) electrons. The van der Waals surface area contributed by atoms with E-state index in [1.807, 2.05) is 56.3 Å². The van der Waals surface area contributed by atoms with Crippen molar-refractivity contribution in [3.8, 4) is 0 Å². The third-order valence-corrected chi connectivity index (χ3v) is 7.38. The summed E-state index contributed by atoms with van der Waals surface area (Å²) in [4.78, 5) is 24.0. The van der Waals surface area contributed by atoms with Crippen molar-refractivity contribution in [1.29, 1.82) is 0 Å². The zero-order chi connectivity index (χ0) is 26.5. The molecule has 0 saturated carbocycles. The van der Waals surface area contributed by atoms with Crippen molar-refractivity contribution in [2.24, 2.45) is 5.92 Å². The molecule has 1 unspecified atom stereocenters. The molecular formula is C31H37N3O2S. The molecule has 2 aromatic heterocycles. The Hall–Kier alpha value is -3.35. The van der Waals surface area contributed by atoms with Crippen molar-refractivity contribution >= 4 is 22.9 Å². The smallest absolute Gasteiger partial charge is 0.208 e. The van der Waals surface area contributed by atoms with Crippen LogP contribution < -0.4 is 5.32 Å². The number of hydrogen-bond acceptors (Lipinski definition) is 6. The van der Waals surface area contributed by atoms with E-state index in [0.29, 0.717) is 22.8 Å². The van der Waals surface area contributed by atoms with Crippen LogP contribution in [0.25, 0.3) is 0 Å². The number of rotatable bonds is 12. The molecule has 0 amide bonds. The van der Waals surface area contributed by atoms with Gasteiger partial charge in [-0.2, -0.15) is 0 Å². The second-order valence-electron chi connectivity index (χ2n) is 8.67. The van der Waals surface area contributed by atoms with Crippen LogP contribution in [0.3, 0.4) is 0 Å². The molecule has 4 aromatic rings. The van der Waals surface area contributed by atoms with Crippen LogP contribution in [0.1, 0.15) is 70.4 Å². The fourth-order valence-electron chi connectivity index (χ4n) is 4.06. The van der Waals surface area contributed by atoms with E-state index in [0.717, 1.165) is 25.7 Å². The molecule has 194 valence electrons. The fraction of sp³-hybridized carbons (Fsp3) is 0.323. The second kappa shape index (κ2) is 15.0. The number of ketones is 1. The van der Waals surface area contributed by atoms with Gasteiger partial charge in [0.15, 0.2) is 0 Å². The summed E-state index contributed by atoms with van der Waals surface area (Å²) in [5.74, 6) is 0.711. The first kappa shape index (κ1) is 28.2. The molecule has 2 aromatic carbocycles. The van der Waals surface area contributed by atoms with Gasteiger partial charge in [-0.1, -0.05) is 87.9 Å². The number of thiophene rings is 1. The van der Waals surface area contributed by atoms with Crippen molar-refractivity contribution in [1.82, 2.24) is 9.97 Å². The zero-order valence-corrected chi connectivity index (χ0v) is 22.8. The molecule has 1 atom stereocenters. The summed E-state index contributed by atoms with van der Waals surface area (Å²) in [5, 5.41) is 12.7. The van der Waals surface area contributed by atoms with Gasteiger partial charge in [-0.05, 0) is 41.5 Å². The molecule has 0 spiro atoms. The number of benzene rings is 2. The Morgan fingerprint density at radius 3 is 2.27 bits per heavy atom. The number of carbonyl (C=O) groups is 1. The predicted molar refractivity (Wildman–Crippen MR) is 154 cm³/mol. The van der Waals surface area contributed by atoms with Crippen LogP contribution in [0.5, 0.6) is 0 Å². The SMILES string of the molecule is CC.CCC(CO)CCNc1ncncc1C(=O)c1cc(Cc2ccccc2)c(Cc2ccccc2)s1. The van der Waals surface area contributed by atoms with E-state index in [1.165, 1.54) is 27.9 Å². The molecule has 2 heterocycles. The van der Waals surface area contributed by atoms with Crippen LogP contribution >= 0.6 is 11.3 Å².